The number of ether oxygens (including phenoxy) is 1. The normalized spacial score (nSPS) is 15.6. The second-order valence-electron chi connectivity index (χ2n) is 5.92. The average Bonchev–Trinajstić information content (AvgIpc) is 3.20. The van der Waals surface area contributed by atoms with Crippen molar-refractivity contribution >= 4 is 22.4 Å². The summed E-state index contributed by atoms with van der Waals surface area (Å²) >= 11 is 1.68. The minimum absolute atomic E-state index is 0.605. The molecule has 2 aromatic rings. The first-order valence-electron chi connectivity index (χ1n) is 8.61. The molecule has 134 valence electrons. The standard InChI is InChI=1S/C18H25N5OS/c1-2-24-14-16-5-3-15(4-6-16)13-21-17(19)22-8-10-23(11-9-22)18-20-7-12-25-18/h3-7,12H,2,8-11,13-14H2,1H3,(H2,19,21). The van der Waals surface area contributed by atoms with Crippen molar-refractivity contribution in [3.63, 3.8) is 0 Å². The Labute approximate surface area is 152 Å². The molecule has 1 aromatic carbocycles. The van der Waals surface area contributed by atoms with Crippen LogP contribution in [0, 0.1) is 0 Å². The maximum Gasteiger partial charge on any atom is 0.191 e. The predicted molar refractivity (Wildman–Crippen MR) is 103 cm³/mol. The van der Waals surface area contributed by atoms with Gasteiger partial charge in [0.05, 0.1) is 13.2 Å². The smallest absolute Gasteiger partial charge is 0.191 e. The summed E-state index contributed by atoms with van der Waals surface area (Å²) in [6.45, 7) is 7.61. The lowest BCUT2D eigenvalue weighted by atomic mass is 10.1. The molecule has 0 amide bonds. The highest BCUT2D eigenvalue weighted by molar-refractivity contribution is 7.13. The van der Waals surface area contributed by atoms with Crippen LogP contribution >= 0.6 is 11.3 Å². The molecule has 0 atom stereocenters. The maximum atomic E-state index is 6.18. The Balaban J connectivity index is 1.49. The monoisotopic (exact) mass is 359 g/mol. The lowest BCUT2D eigenvalue weighted by Gasteiger charge is -2.35. The maximum absolute atomic E-state index is 6.18. The van der Waals surface area contributed by atoms with Gasteiger partial charge in [0.1, 0.15) is 0 Å². The van der Waals surface area contributed by atoms with Gasteiger partial charge in [-0.05, 0) is 18.1 Å². The summed E-state index contributed by atoms with van der Waals surface area (Å²) < 4.78 is 5.41. The van der Waals surface area contributed by atoms with Crippen LogP contribution in [0.3, 0.4) is 0 Å². The van der Waals surface area contributed by atoms with E-state index < -0.39 is 0 Å². The van der Waals surface area contributed by atoms with Crippen LogP contribution in [0.4, 0.5) is 5.13 Å². The summed E-state index contributed by atoms with van der Waals surface area (Å²) in [6.07, 6.45) is 1.85. The summed E-state index contributed by atoms with van der Waals surface area (Å²) in [4.78, 5) is 13.4. The van der Waals surface area contributed by atoms with E-state index in [1.165, 1.54) is 5.56 Å². The van der Waals surface area contributed by atoms with Crippen molar-refractivity contribution in [1.29, 1.82) is 0 Å². The minimum Gasteiger partial charge on any atom is -0.377 e. The van der Waals surface area contributed by atoms with Crippen LogP contribution in [-0.4, -0.2) is 48.6 Å². The first-order valence-corrected chi connectivity index (χ1v) is 9.49. The summed E-state index contributed by atoms with van der Waals surface area (Å²) in [7, 11) is 0. The zero-order valence-corrected chi connectivity index (χ0v) is 15.4. The van der Waals surface area contributed by atoms with E-state index in [2.05, 4.69) is 44.0 Å². The van der Waals surface area contributed by atoms with Crippen LogP contribution in [0.5, 0.6) is 0 Å². The first-order chi connectivity index (χ1) is 12.3. The number of aromatic nitrogens is 1. The van der Waals surface area contributed by atoms with Crippen molar-refractivity contribution < 1.29 is 4.74 Å². The second kappa shape index (κ2) is 8.82. The van der Waals surface area contributed by atoms with Crippen LogP contribution in [0.25, 0.3) is 0 Å². The second-order valence-corrected chi connectivity index (χ2v) is 6.79. The van der Waals surface area contributed by atoms with Crippen LogP contribution in [-0.2, 0) is 17.9 Å². The molecular formula is C18H25N5OS. The molecule has 1 aromatic heterocycles. The molecule has 1 aliphatic rings. The zero-order chi connectivity index (χ0) is 17.5. The van der Waals surface area contributed by atoms with E-state index in [0.29, 0.717) is 19.1 Å². The number of piperazine rings is 1. The Morgan fingerprint density at radius 2 is 1.92 bits per heavy atom. The Kier molecular flexibility index (Phi) is 6.25. The Morgan fingerprint density at radius 3 is 2.56 bits per heavy atom. The van der Waals surface area contributed by atoms with Gasteiger partial charge in [0.2, 0.25) is 0 Å². The highest BCUT2D eigenvalue weighted by Gasteiger charge is 2.19. The van der Waals surface area contributed by atoms with Crippen molar-refractivity contribution in [2.45, 2.75) is 20.1 Å². The molecule has 0 radical (unpaired) electrons. The van der Waals surface area contributed by atoms with Gasteiger partial charge in [-0.2, -0.15) is 0 Å². The Hall–Kier alpha value is -2.12. The molecule has 0 aliphatic carbocycles. The molecule has 1 aliphatic heterocycles. The van der Waals surface area contributed by atoms with Crippen molar-refractivity contribution in [1.82, 2.24) is 9.88 Å². The molecule has 6 nitrogen and oxygen atoms in total. The number of guanidine groups is 1. The number of nitrogens with two attached hydrogens (primary N) is 1. The summed E-state index contributed by atoms with van der Waals surface area (Å²) in [5.41, 5.74) is 8.52. The van der Waals surface area contributed by atoms with Gasteiger partial charge >= 0.3 is 0 Å². The molecule has 2 N–H and O–H groups in total. The summed E-state index contributed by atoms with van der Waals surface area (Å²) in [5.74, 6) is 0.622. The van der Waals surface area contributed by atoms with E-state index in [-0.39, 0.29) is 0 Å². The quantitative estimate of drug-likeness (QED) is 0.633. The third-order valence-corrected chi connectivity index (χ3v) is 5.05. The number of nitrogens with zero attached hydrogens (tertiary/aromatic N) is 4. The van der Waals surface area contributed by atoms with Crippen molar-refractivity contribution in [2.75, 3.05) is 37.7 Å². The third-order valence-electron chi connectivity index (χ3n) is 4.21. The molecule has 0 saturated carbocycles. The van der Waals surface area contributed by atoms with E-state index in [1.54, 1.807) is 11.3 Å². The number of hydrogen-bond acceptors (Lipinski definition) is 5. The van der Waals surface area contributed by atoms with E-state index in [9.17, 15) is 0 Å². The average molecular weight is 359 g/mol. The fourth-order valence-corrected chi connectivity index (χ4v) is 3.43. The van der Waals surface area contributed by atoms with Crippen LogP contribution in [0.15, 0.2) is 40.8 Å². The van der Waals surface area contributed by atoms with Crippen molar-refractivity contribution in [2.24, 2.45) is 10.7 Å². The SMILES string of the molecule is CCOCc1ccc(CN=C(N)N2CCN(c3nccs3)CC2)cc1. The largest absolute Gasteiger partial charge is 0.377 e. The number of hydrogen-bond donors (Lipinski definition) is 1. The van der Waals surface area contributed by atoms with Gasteiger partial charge in [0.15, 0.2) is 11.1 Å². The molecule has 7 heteroatoms. The van der Waals surface area contributed by atoms with Crippen LogP contribution < -0.4 is 10.6 Å². The van der Waals surface area contributed by atoms with Crippen LogP contribution in [0.2, 0.25) is 0 Å². The van der Waals surface area contributed by atoms with Gasteiger partial charge in [0.25, 0.3) is 0 Å². The highest BCUT2D eigenvalue weighted by atomic mass is 32.1. The van der Waals surface area contributed by atoms with E-state index in [1.807, 2.05) is 18.5 Å². The molecule has 1 saturated heterocycles. The van der Waals surface area contributed by atoms with Gasteiger partial charge < -0.3 is 20.3 Å². The fourth-order valence-electron chi connectivity index (χ4n) is 2.73. The molecule has 1 fully saturated rings. The Morgan fingerprint density at radius 1 is 1.20 bits per heavy atom. The van der Waals surface area contributed by atoms with Gasteiger partial charge in [-0.3, -0.25) is 0 Å². The van der Waals surface area contributed by atoms with E-state index in [4.69, 9.17) is 10.5 Å². The topological polar surface area (TPSA) is 67.0 Å². The number of benzene rings is 1. The molecule has 0 spiro atoms. The molecule has 0 unspecified atom stereocenters. The summed E-state index contributed by atoms with van der Waals surface area (Å²) in [6, 6.07) is 8.35. The third kappa shape index (κ3) is 4.93. The lowest BCUT2D eigenvalue weighted by Crippen LogP contribution is -2.51. The number of thiazole rings is 1. The van der Waals surface area contributed by atoms with Crippen molar-refractivity contribution in [3.8, 4) is 0 Å². The number of rotatable bonds is 6. The van der Waals surface area contributed by atoms with E-state index in [0.717, 1.165) is 43.5 Å². The van der Waals surface area contributed by atoms with Crippen LogP contribution in [0.1, 0.15) is 18.1 Å². The molecule has 2 heterocycles. The van der Waals surface area contributed by atoms with Gasteiger partial charge in [-0.15, -0.1) is 11.3 Å². The lowest BCUT2D eigenvalue weighted by molar-refractivity contribution is 0.134. The van der Waals surface area contributed by atoms with Gasteiger partial charge in [0, 0.05) is 44.4 Å². The van der Waals surface area contributed by atoms with Crippen molar-refractivity contribution in [3.05, 3.63) is 47.0 Å². The molecule has 25 heavy (non-hydrogen) atoms. The minimum atomic E-state index is 0.605. The Bertz CT molecular complexity index is 663. The fraction of sp³-hybridized carbons (Fsp3) is 0.444. The number of anilines is 1. The number of aliphatic imine (C=N–C) groups is 1. The molecule has 3 rings (SSSR count). The molecular weight excluding hydrogens is 334 g/mol. The first kappa shape index (κ1) is 17.7. The highest BCUT2D eigenvalue weighted by Crippen LogP contribution is 2.18. The zero-order valence-electron chi connectivity index (χ0n) is 14.6. The van der Waals surface area contributed by atoms with Gasteiger partial charge in [-0.1, -0.05) is 24.3 Å². The summed E-state index contributed by atoms with van der Waals surface area (Å²) in [5, 5.41) is 3.10. The van der Waals surface area contributed by atoms with E-state index >= 15 is 0 Å². The molecule has 0 bridgehead atoms. The predicted octanol–water partition coefficient (Wildman–Crippen LogP) is 2.32. The van der Waals surface area contributed by atoms with Gasteiger partial charge in [-0.25, -0.2) is 9.98 Å².